The van der Waals surface area contributed by atoms with E-state index in [1.54, 1.807) is 24.3 Å². The maximum atomic E-state index is 11.6. The third-order valence-corrected chi connectivity index (χ3v) is 3.71. The predicted molar refractivity (Wildman–Crippen MR) is 102 cm³/mol. The van der Waals surface area contributed by atoms with Gasteiger partial charge in [0, 0.05) is 11.4 Å². The maximum absolute atomic E-state index is 11.6. The van der Waals surface area contributed by atoms with Gasteiger partial charge < -0.3 is 15.4 Å². The van der Waals surface area contributed by atoms with Crippen LogP contribution in [0.5, 0.6) is 0 Å². The van der Waals surface area contributed by atoms with E-state index in [4.69, 9.17) is 0 Å². The topological polar surface area (TPSA) is 132 Å². The van der Waals surface area contributed by atoms with Crippen molar-refractivity contribution in [2.75, 3.05) is 17.7 Å². The van der Waals surface area contributed by atoms with Gasteiger partial charge >= 0.3 is 11.7 Å². The molecule has 0 atom stereocenters. The van der Waals surface area contributed by atoms with E-state index in [-0.39, 0.29) is 17.3 Å². The van der Waals surface area contributed by atoms with Crippen LogP contribution in [0.25, 0.3) is 0 Å². The molecule has 0 fully saturated rings. The van der Waals surface area contributed by atoms with Crippen molar-refractivity contribution >= 4 is 34.8 Å². The second kappa shape index (κ2) is 8.08. The number of benzene rings is 1. The van der Waals surface area contributed by atoms with Crippen molar-refractivity contribution in [3.63, 3.8) is 0 Å². The number of rotatable bonds is 6. The molecule has 0 radical (unpaired) electrons. The number of nitrogens with one attached hydrogen (secondary N) is 2. The number of aryl methyl sites for hydroxylation is 1. The normalized spacial score (nSPS) is 10.2. The number of carbonyl (C=O) groups is 1. The number of hydrogen-bond donors (Lipinski definition) is 2. The van der Waals surface area contributed by atoms with Gasteiger partial charge in [-0.15, -0.1) is 0 Å². The van der Waals surface area contributed by atoms with Crippen molar-refractivity contribution in [1.82, 2.24) is 15.0 Å². The number of methoxy groups -OCH3 is 1. The van der Waals surface area contributed by atoms with Gasteiger partial charge in [0.2, 0.25) is 11.6 Å². The average Bonchev–Trinajstić information content (AvgIpc) is 2.68. The van der Waals surface area contributed by atoms with E-state index in [2.05, 4.69) is 30.3 Å². The van der Waals surface area contributed by atoms with Gasteiger partial charge in [-0.1, -0.05) is 6.07 Å². The maximum Gasteiger partial charge on any atom is 0.353 e. The Morgan fingerprint density at radius 1 is 1.07 bits per heavy atom. The van der Waals surface area contributed by atoms with Gasteiger partial charge in [0.15, 0.2) is 0 Å². The molecule has 0 bridgehead atoms. The number of pyridine rings is 1. The van der Waals surface area contributed by atoms with Crippen molar-refractivity contribution < 1.29 is 14.5 Å². The SMILES string of the molecule is COC(=O)c1ccc(Nc2ncnc(Nc3cccc(C)n3)c2[N+](=O)[O-])cc1. The van der Waals surface area contributed by atoms with Crippen molar-refractivity contribution in [2.24, 2.45) is 0 Å². The summed E-state index contributed by atoms with van der Waals surface area (Å²) in [6.45, 7) is 1.81. The molecular weight excluding hydrogens is 364 g/mol. The predicted octanol–water partition coefficient (Wildman–Crippen LogP) is 3.36. The van der Waals surface area contributed by atoms with Crippen LogP contribution in [0.4, 0.5) is 28.8 Å². The van der Waals surface area contributed by atoms with Crippen LogP contribution in [0.2, 0.25) is 0 Å². The highest BCUT2D eigenvalue weighted by Gasteiger charge is 2.23. The van der Waals surface area contributed by atoms with E-state index in [1.807, 2.05) is 13.0 Å². The number of carbonyl (C=O) groups excluding carboxylic acids is 1. The molecular formula is C18H16N6O4. The fourth-order valence-corrected chi connectivity index (χ4v) is 2.41. The van der Waals surface area contributed by atoms with E-state index in [0.717, 1.165) is 5.69 Å². The zero-order valence-electron chi connectivity index (χ0n) is 15.0. The molecule has 0 saturated carbocycles. The first-order chi connectivity index (χ1) is 13.5. The first kappa shape index (κ1) is 18.7. The molecule has 1 aromatic carbocycles. The minimum atomic E-state index is -0.580. The molecule has 2 aromatic heterocycles. The number of aromatic nitrogens is 3. The monoisotopic (exact) mass is 380 g/mol. The summed E-state index contributed by atoms with van der Waals surface area (Å²) in [5, 5.41) is 17.4. The number of nitro groups is 1. The summed E-state index contributed by atoms with van der Waals surface area (Å²) in [6, 6.07) is 11.5. The molecule has 0 aliphatic carbocycles. The molecule has 2 N–H and O–H groups in total. The molecule has 0 saturated heterocycles. The highest BCUT2D eigenvalue weighted by molar-refractivity contribution is 5.90. The standard InChI is InChI=1S/C18H16N6O4/c1-11-4-3-5-14(21-11)23-17-15(24(26)27)16(19-10-20-17)22-13-8-6-12(7-9-13)18(25)28-2/h3-10H,1-2H3,(H2,19,20,21,22,23). The van der Waals surface area contributed by atoms with Crippen molar-refractivity contribution in [2.45, 2.75) is 6.92 Å². The molecule has 0 aliphatic rings. The molecule has 0 spiro atoms. The van der Waals surface area contributed by atoms with Crippen molar-refractivity contribution in [3.8, 4) is 0 Å². The lowest BCUT2D eigenvalue weighted by Crippen LogP contribution is -2.06. The van der Waals surface area contributed by atoms with Crippen LogP contribution >= 0.6 is 0 Å². The van der Waals surface area contributed by atoms with Gasteiger partial charge in [-0.25, -0.2) is 19.7 Å². The summed E-state index contributed by atoms with van der Waals surface area (Å²) in [5.74, 6) is -0.0420. The highest BCUT2D eigenvalue weighted by atomic mass is 16.6. The van der Waals surface area contributed by atoms with E-state index in [1.165, 1.54) is 25.6 Å². The van der Waals surface area contributed by atoms with Crippen molar-refractivity contribution in [3.05, 3.63) is 70.2 Å². The van der Waals surface area contributed by atoms with Gasteiger partial charge in [-0.2, -0.15) is 0 Å². The summed E-state index contributed by atoms with van der Waals surface area (Å²) < 4.78 is 4.64. The molecule has 3 rings (SSSR count). The second-order valence-electron chi connectivity index (χ2n) is 5.66. The van der Waals surface area contributed by atoms with Gasteiger partial charge in [-0.3, -0.25) is 10.1 Å². The molecule has 142 valence electrons. The lowest BCUT2D eigenvalue weighted by atomic mass is 10.2. The van der Waals surface area contributed by atoms with Crippen molar-refractivity contribution in [1.29, 1.82) is 0 Å². The lowest BCUT2D eigenvalue weighted by Gasteiger charge is -2.10. The Kier molecular flexibility index (Phi) is 5.40. The number of esters is 1. The average molecular weight is 380 g/mol. The Morgan fingerprint density at radius 2 is 1.75 bits per heavy atom. The van der Waals surface area contributed by atoms with Crippen LogP contribution in [0, 0.1) is 17.0 Å². The Balaban J connectivity index is 1.91. The Labute approximate surface area is 159 Å². The zero-order chi connectivity index (χ0) is 20.1. The minimum Gasteiger partial charge on any atom is -0.465 e. The Bertz CT molecular complexity index is 1020. The second-order valence-corrected chi connectivity index (χ2v) is 5.66. The molecule has 28 heavy (non-hydrogen) atoms. The van der Waals surface area contributed by atoms with E-state index in [0.29, 0.717) is 17.1 Å². The molecule has 3 aromatic rings. The van der Waals surface area contributed by atoms with Gasteiger partial charge in [0.1, 0.15) is 12.1 Å². The summed E-state index contributed by atoms with van der Waals surface area (Å²) in [6.07, 6.45) is 1.20. The first-order valence-corrected chi connectivity index (χ1v) is 8.13. The lowest BCUT2D eigenvalue weighted by molar-refractivity contribution is -0.383. The van der Waals surface area contributed by atoms with Gasteiger partial charge in [0.25, 0.3) is 0 Å². The smallest absolute Gasteiger partial charge is 0.353 e. The van der Waals surface area contributed by atoms with Gasteiger partial charge in [0.05, 0.1) is 17.6 Å². The number of anilines is 4. The van der Waals surface area contributed by atoms with Crippen LogP contribution in [-0.2, 0) is 4.74 Å². The molecule has 2 heterocycles. The molecule has 0 unspecified atom stereocenters. The van der Waals surface area contributed by atoms with Crippen LogP contribution in [0.3, 0.4) is 0 Å². The Hall–Kier alpha value is -4.08. The summed E-state index contributed by atoms with van der Waals surface area (Å²) >= 11 is 0. The molecule has 0 aliphatic heterocycles. The highest BCUT2D eigenvalue weighted by Crippen LogP contribution is 2.32. The van der Waals surface area contributed by atoms with Crippen LogP contribution < -0.4 is 10.6 Å². The summed E-state index contributed by atoms with van der Waals surface area (Å²) in [7, 11) is 1.29. The molecule has 10 heteroatoms. The third kappa shape index (κ3) is 4.18. The zero-order valence-corrected chi connectivity index (χ0v) is 15.0. The molecule has 10 nitrogen and oxygen atoms in total. The van der Waals surface area contributed by atoms with E-state index < -0.39 is 10.9 Å². The number of nitrogens with zero attached hydrogens (tertiary/aromatic N) is 4. The fourth-order valence-electron chi connectivity index (χ4n) is 2.41. The van der Waals surface area contributed by atoms with E-state index >= 15 is 0 Å². The van der Waals surface area contributed by atoms with Gasteiger partial charge in [-0.05, 0) is 43.3 Å². The fraction of sp³-hybridized carbons (Fsp3) is 0.111. The van der Waals surface area contributed by atoms with Crippen LogP contribution in [0.1, 0.15) is 16.1 Å². The first-order valence-electron chi connectivity index (χ1n) is 8.13. The largest absolute Gasteiger partial charge is 0.465 e. The van der Waals surface area contributed by atoms with Crippen LogP contribution in [0.15, 0.2) is 48.8 Å². The third-order valence-electron chi connectivity index (χ3n) is 3.71. The summed E-state index contributed by atoms with van der Waals surface area (Å²) in [4.78, 5) is 34.8. The van der Waals surface area contributed by atoms with E-state index in [9.17, 15) is 14.9 Å². The number of ether oxygens (including phenoxy) is 1. The van der Waals surface area contributed by atoms with Crippen LogP contribution in [-0.4, -0.2) is 33.0 Å². The molecule has 0 amide bonds. The quantitative estimate of drug-likeness (QED) is 0.375. The number of hydrogen-bond acceptors (Lipinski definition) is 9. The minimum absolute atomic E-state index is 0.000899. The Morgan fingerprint density at radius 3 is 2.36 bits per heavy atom. The summed E-state index contributed by atoms with van der Waals surface area (Å²) in [5.41, 5.74) is 1.29.